The molecule has 2 aromatic carbocycles. The number of rotatable bonds is 2. The van der Waals surface area contributed by atoms with E-state index < -0.39 is 4.92 Å². The second-order valence-electron chi connectivity index (χ2n) is 5.98. The highest BCUT2D eigenvalue weighted by molar-refractivity contribution is 6.13. The second kappa shape index (κ2) is 5.70. The van der Waals surface area contributed by atoms with Gasteiger partial charge in [-0.15, -0.1) is 0 Å². The van der Waals surface area contributed by atoms with Crippen molar-refractivity contribution in [1.29, 1.82) is 0 Å². The van der Waals surface area contributed by atoms with E-state index in [4.69, 9.17) is 4.42 Å². The minimum absolute atomic E-state index is 0.0606. The van der Waals surface area contributed by atoms with Crippen LogP contribution in [-0.4, -0.2) is 22.4 Å². The molecule has 0 saturated heterocycles. The number of aryl methyl sites for hydroxylation is 1. The highest BCUT2D eigenvalue weighted by Gasteiger charge is 2.29. The molecule has 0 aliphatic carbocycles. The van der Waals surface area contributed by atoms with Crippen LogP contribution in [0.5, 0.6) is 0 Å². The third-order valence-corrected chi connectivity index (χ3v) is 4.42. The van der Waals surface area contributed by atoms with Crippen molar-refractivity contribution in [3.05, 3.63) is 63.5 Å². The number of hydrogen-bond acceptors (Lipinski definition) is 5. The Hall–Kier alpha value is -3.22. The largest absolute Gasteiger partial charge is 0.441 e. The molecule has 7 nitrogen and oxygen atoms in total. The smallest absolute Gasteiger partial charge is 0.274 e. The van der Waals surface area contributed by atoms with E-state index in [1.54, 1.807) is 42.2 Å². The van der Waals surface area contributed by atoms with Gasteiger partial charge in [-0.25, -0.2) is 4.98 Å². The molecule has 4 rings (SSSR count). The van der Waals surface area contributed by atoms with Crippen LogP contribution >= 0.6 is 0 Å². The zero-order valence-electron chi connectivity index (χ0n) is 13.6. The van der Waals surface area contributed by atoms with Crippen LogP contribution in [0.2, 0.25) is 0 Å². The fourth-order valence-corrected chi connectivity index (χ4v) is 3.37. The fourth-order valence-electron chi connectivity index (χ4n) is 3.37. The predicted molar refractivity (Wildman–Crippen MR) is 91.8 cm³/mol. The summed E-state index contributed by atoms with van der Waals surface area (Å²) in [5.41, 5.74) is 2.78. The predicted octanol–water partition coefficient (Wildman–Crippen LogP) is 3.64. The van der Waals surface area contributed by atoms with Crippen LogP contribution in [0.4, 0.5) is 11.4 Å². The standard InChI is InChI=1S/C18H15N3O4/c1-11-19-17-13(5-2-9-16(17)25-11)18(22)20-10-4-6-12-14(20)7-3-8-15(12)21(23)24/h2-3,5,7-9H,4,6,10H2,1H3. The number of anilines is 1. The summed E-state index contributed by atoms with van der Waals surface area (Å²) in [6.45, 7) is 2.24. The van der Waals surface area contributed by atoms with Crippen LogP contribution in [0, 0.1) is 17.0 Å². The molecule has 7 heteroatoms. The lowest BCUT2D eigenvalue weighted by molar-refractivity contribution is -0.385. The Bertz CT molecular complexity index is 1010. The van der Waals surface area contributed by atoms with E-state index in [2.05, 4.69) is 4.98 Å². The first kappa shape index (κ1) is 15.3. The summed E-state index contributed by atoms with van der Waals surface area (Å²) in [6, 6.07) is 10.1. The molecule has 1 aliphatic rings. The quantitative estimate of drug-likeness (QED) is 0.526. The van der Waals surface area contributed by atoms with Gasteiger partial charge in [-0.05, 0) is 31.0 Å². The maximum Gasteiger partial charge on any atom is 0.274 e. The van der Waals surface area contributed by atoms with Gasteiger partial charge < -0.3 is 9.32 Å². The van der Waals surface area contributed by atoms with Crippen molar-refractivity contribution in [3.63, 3.8) is 0 Å². The van der Waals surface area contributed by atoms with Crippen molar-refractivity contribution in [2.45, 2.75) is 19.8 Å². The lowest BCUT2D eigenvalue weighted by atomic mass is 9.98. The molecule has 0 radical (unpaired) electrons. The SMILES string of the molecule is Cc1nc2c(C(=O)N3CCCc4c3cccc4[N+](=O)[O-])cccc2o1. The zero-order valence-corrected chi connectivity index (χ0v) is 13.6. The first-order chi connectivity index (χ1) is 12.1. The third-order valence-electron chi connectivity index (χ3n) is 4.42. The van der Waals surface area contributed by atoms with Gasteiger partial charge in [-0.3, -0.25) is 14.9 Å². The van der Waals surface area contributed by atoms with Gasteiger partial charge in [0.05, 0.1) is 21.7 Å². The first-order valence-corrected chi connectivity index (χ1v) is 8.00. The number of carbonyl (C=O) groups is 1. The van der Waals surface area contributed by atoms with Crippen molar-refractivity contribution in [2.75, 3.05) is 11.4 Å². The third kappa shape index (κ3) is 2.44. The molecular weight excluding hydrogens is 322 g/mol. The molecule has 1 aromatic heterocycles. The molecule has 0 unspecified atom stereocenters. The minimum atomic E-state index is -0.394. The topological polar surface area (TPSA) is 89.5 Å². The molecular formula is C18H15N3O4. The summed E-state index contributed by atoms with van der Waals surface area (Å²) < 4.78 is 5.49. The molecule has 2 heterocycles. The molecule has 1 amide bonds. The van der Waals surface area contributed by atoms with Gasteiger partial charge in [0.25, 0.3) is 11.6 Å². The maximum atomic E-state index is 13.1. The Labute approximate surface area is 143 Å². The van der Waals surface area contributed by atoms with Crippen LogP contribution in [0.25, 0.3) is 11.1 Å². The van der Waals surface area contributed by atoms with Crippen LogP contribution in [0.1, 0.15) is 28.2 Å². The average molecular weight is 337 g/mol. The maximum absolute atomic E-state index is 13.1. The molecule has 0 atom stereocenters. The summed E-state index contributed by atoms with van der Waals surface area (Å²) in [6.07, 6.45) is 1.26. The van der Waals surface area contributed by atoms with Crippen LogP contribution in [0.15, 0.2) is 40.8 Å². The van der Waals surface area contributed by atoms with Gasteiger partial charge in [-0.2, -0.15) is 0 Å². The van der Waals surface area contributed by atoms with Crippen molar-refractivity contribution < 1.29 is 14.1 Å². The number of nitro groups is 1. The van der Waals surface area contributed by atoms with Crippen molar-refractivity contribution in [1.82, 2.24) is 4.98 Å². The fraction of sp³-hybridized carbons (Fsp3) is 0.222. The van der Waals surface area contributed by atoms with E-state index in [1.165, 1.54) is 6.07 Å². The van der Waals surface area contributed by atoms with Crippen molar-refractivity contribution >= 4 is 28.4 Å². The van der Waals surface area contributed by atoms with Crippen molar-refractivity contribution in [2.24, 2.45) is 0 Å². The van der Waals surface area contributed by atoms with Crippen LogP contribution in [0.3, 0.4) is 0 Å². The number of fused-ring (bicyclic) bond motifs is 2. The monoisotopic (exact) mass is 337 g/mol. The number of nitro benzene ring substituents is 1. The Morgan fingerprint density at radius 2 is 2.08 bits per heavy atom. The van der Waals surface area contributed by atoms with Crippen LogP contribution < -0.4 is 4.90 Å². The summed E-state index contributed by atoms with van der Waals surface area (Å²) in [7, 11) is 0. The molecule has 25 heavy (non-hydrogen) atoms. The van der Waals surface area contributed by atoms with E-state index >= 15 is 0 Å². The molecule has 1 aliphatic heterocycles. The highest BCUT2D eigenvalue weighted by atomic mass is 16.6. The molecule has 0 spiro atoms. The summed E-state index contributed by atoms with van der Waals surface area (Å²) >= 11 is 0. The van der Waals surface area contributed by atoms with E-state index in [1.807, 2.05) is 0 Å². The molecule has 3 aromatic rings. The lowest BCUT2D eigenvalue weighted by Gasteiger charge is -2.29. The van der Waals surface area contributed by atoms with Gasteiger partial charge in [0.15, 0.2) is 11.5 Å². The van der Waals surface area contributed by atoms with Gasteiger partial charge >= 0.3 is 0 Å². The first-order valence-electron chi connectivity index (χ1n) is 8.00. The second-order valence-corrected chi connectivity index (χ2v) is 5.98. The van der Waals surface area contributed by atoms with Gasteiger partial charge in [0.1, 0.15) is 5.52 Å². The minimum Gasteiger partial charge on any atom is -0.441 e. The number of benzene rings is 2. The summed E-state index contributed by atoms with van der Waals surface area (Å²) in [4.78, 5) is 29.9. The van der Waals surface area contributed by atoms with Gasteiger partial charge in [0.2, 0.25) is 0 Å². The number of nitrogens with zero attached hydrogens (tertiary/aromatic N) is 3. The number of para-hydroxylation sites is 1. The summed E-state index contributed by atoms with van der Waals surface area (Å²) in [5.74, 6) is 0.269. The lowest BCUT2D eigenvalue weighted by Crippen LogP contribution is -2.35. The molecule has 0 N–H and O–H groups in total. The Kier molecular flexibility index (Phi) is 3.49. The number of carbonyl (C=O) groups excluding carboxylic acids is 1. The average Bonchev–Trinajstić information content (AvgIpc) is 3.00. The van der Waals surface area contributed by atoms with Crippen molar-refractivity contribution in [3.8, 4) is 0 Å². The normalized spacial score (nSPS) is 13.7. The number of amides is 1. The van der Waals surface area contributed by atoms with E-state index in [9.17, 15) is 14.9 Å². The number of aromatic nitrogens is 1. The Morgan fingerprint density at radius 3 is 2.88 bits per heavy atom. The number of hydrogen-bond donors (Lipinski definition) is 0. The van der Waals surface area contributed by atoms with Crippen LogP contribution in [-0.2, 0) is 6.42 Å². The number of oxazole rings is 1. The Balaban J connectivity index is 1.82. The summed E-state index contributed by atoms with van der Waals surface area (Å²) in [5, 5.41) is 11.3. The van der Waals surface area contributed by atoms with Gasteiger partial charge in [-0.1, -0.05) is 12.1 Å². The highest BCUT2D eigenvalue weighted by Crippen LogP contribution is 2.35. The molecule has 126 valence electrons. The molecule has 0 bridgehead atoms. The van der Waals surface area contributed by atoms with E-state index in [0.29, 0.717) is 53.2 Å². The molecule has 0 fully saturated rings. The zero-order chi connectivity index (χ0) is 17.6. The van der Waals surface area contributed by atoms with E-state index in [-0.39, 0.29) is 11.6 Å². The van der Waals surface area contributed by atoms with E-state index in [0.717, 1.165) is 0 Å². The molecule has 0 saturated carbocycles. The van der Waals surface area contributed by atoms with Gasteiger partial charge in [0, 0.05) is 19.5 Å². The Morgan fingerprint density at radius 1 is 1.28 bits per heavy atom.